The third-order valence-corrected chi connectivity index (χ3v) is 12.9. The highest BCUT2D eigenvalue weighted by Crippen LogP contribution is 2.49. The fourth-order valence-corrected chi connectivity index (χ4v) is 9.90. The predicted molar refractivity (Wildman–Crippen MR) is 128 cm³/mol. The van der Waals surface area contributed by atoms with E-state index in [1.165, 1.54) is 6.42 Å². The van der Waals surface area contributed by atoms with Crippen molar-refractivity contribution in [3.8, 4) is 5.75 Å². The summed E-state index contributed by atoms with van der Waals surface area (Å²) in [5, 5.41) is -2.65. The van der Waals surface area contributed by atoms with Gasteiger partial charge in [-0.1, -0.05) is 86.5 Å². The van der Waals surface area contributed by atoms with Crippen molar-refractivity contribution in [2.45, 2.75) is 103 Å². The fraction of sp³-hybridized carbons (Fsp3) is 0.615. The third-order valence-electron chi connectivity index (χ3n) is 6.85. The monoisotopic (exact) mass is 506 g/mol. The fourth-order valence-electron chi connectivity index (χ4n) is 4.88. The summed E-state index contributed by atoms with van der Waals surface area (Å²) < 4.78 is 93.2. The van der Waals surface area contributed by atoms with Gasteiger partial charge in [0.05, 0.1) is 5.39 Å². The predicted octanol–water partition coefficient (Wildman–Crippen LogP) is 9.96. The Hall–Kier alpha value is -1.70. The van der Waals surface area contributed by atoms with Crippen LogP contribution in [0.3, 0.4) is 0 Å². The van der Waals surface area contributed by atoms with Gasteiger partial charge in [-0.25, -0.2) is 22.0 Å². The molecule has 0 saturated heterocycles. The van der Waals surface area contributed by atoms with Gasteiger partial charge in [0.1, 0.15) is 0 Å². The lowest BCUT2D eigenvalue weighted by Gasteiger charge is -2.45. The van der Waals surface area contributed by atoms with E-state index >= 15 is 8.78 Å². The van der Waals surface area contributed by atoms with Gasteiger partial charge in [0.15, 0.2) is 34.8 Å². The molecule has 34 heavy (non-hydrogen) atoms. The summed E-state index contributed by atoms with van der Waals surface area (Å²) in [7, 11) is -3.04. The molecule has 1 unspecified atom stereocenters. The highest BCUT2D eigenvalue weighted by atomic mass is 28.4. The Morgan fingerprint density at radius 3 is 1.85 bits per heavy atom. The number of rotatable bonds is 11. The average molecular weight is 507 g/mol. The van der Waals surface area contributed by atoms with Gasteiger partial charge in [0.25, 0.3) is 8.32 Å². The van der Waals surface area contributed by atoms with Crippen molar-refractivity contribution >= 4 is 19.1 Å². The van der Waals surface area contributed by atoms with E-state index in [9.17, 15) is 17.6 Å². The minimum Gasteiger partial charge on any atom is -0.539 e. The Bertz CT molecular complexity index is 1000. The van der Waals surface area contributed by atoms with Crippen molar-refractivity contribution in [2.75, 3.05) is 0 Å². The molecular formula is C26H36F6OSi. The first-order valence-corrected chi connectivity index (χ1v) is 14.3. The summed E-state index contributed by atoms with van der Waals surface area (Å²) >= 11 is 0. The maximum Gasteiger partial charge on any atom is 0.259 e. The lowest BCUT2D eigenvalue weighted by Crippen LogP contribution is -2.53. The molecule has 2 aromatic carbocycles. The molecule has 0 bridgehead atoms. The van der Waals surface area contributed by atoms with Gasteiger partial charge in [0.2, 0.25) is 5.82 Å². The van der Waals surface area contributed by atoms with Crippen LogP contribution in [0.15, 0.2) is 6.07 Å². The lowest BCUT2D eigenvalue weighted by molar-refractivity contribution is 0.385. The summed E-state index contributed by atoms with van der Waals surface area (Å²) in [5.74, 6) is -11.5. The van der Waals surface area contributed by atoms with E-state index in [0.717, 1.165) is 38.5 Å². The zero-order chi connectivity index (χ0) is 25.8. The molecule has 0 aromatic heterocycles. The standard InChI is InChI=1S/C26H36F6OSi/c1-7-8-9-10-11-12-13-14-34(16(2)3,26(4,5)6)33-25-23(31)19-17(20(28)24(25)32)15-18(27)21(29)22(19)30/h15-16H,7-14H2,1-6H3. The second-order valence-electron chi connectivity index (χ2n) is 10.4. The van der Waals surface area contributed by atoms with Crippen LogP contribution in [0.4, 0.5) is 26.3 Å². The third kappa shape index (κ3) is 5.57. The first-order chi connectivity index (χ1) is 15.8. The van der Waals surface area contributed by atoms with E-state index in [1.807, 2.05) is 34.6 Å². The lowest BCUT2D eigenvalue weighted by atomic mass is 10.1. The molecule has 0 heterocycles. The van der Waals surface area contributed by atoms with Crippen LogP contribution in [-0.4, -0.2) is 8.32 Å². The number of hydrogen-bond donors (Lipinski definition) is 0. The molecule has 0 aliphatic rings. The zero-order valence-corrected chi connectivity index (χ0v) is 22.0. The van der Waals surface area contributed by atoms with Gasteiger partial charge in [-0.05, 0) is 22.7 Å². The Morgan fingerprint density at radius 2 is 1.32 bits per heavy atom. The van der Waals surface area contributed by atoms with E-state index in [4.69, 9.17) is 4.43 Å². The second-order valence-corrected chi connectivity index (χ2v) is 15.6. The van der Waals surface area contributed by atoms with Gasteiger partial charge in [-0.15, -0.1) is 0 Å². The molecule has 2 aromatic rings. The molecule has 8 heteroatoms. The normalized spacial score (nSPS) is 14.1. The van der Waals surface area contributed by atoms with Crippen molar-refractivity contribution in [1.29, 1.82) is 0 Å². The van der Waals surface area contributed by atoms with Gasteiger partial charge in [-0.3, -0.25) is 0 Å². The summed E-state index contributed by atoms with van der Waals surface area (Å²) in [6.07, 6.45) is 7.36. The maximum absolute atomic E-state index is 15.4. The van der Waals surface area contributed by atoms with E-state index in [-0.39, 0.29) is 11.6 Å². The molecule has 1 atom stereocenters. The smallest absolute Gasteiger partial charge is 0.259 e. The minimum absolute atomic E-state index is 0.111. The molecule has 0 amide bonds. The second kappa shape index (κ2) is 11.4. The Kier molecular flexibility index (Phi) is 9.53. The number of fused-ring (bicyclic) bond motifs is 1. The first-order valence-electron chi connectivity index (χ1n) is 12.1. The molecule has 0 fully saturated rings. The molecule has 0 radical (unpaired) electrons. The largest absolute Gasteiger partial charge is 0.539 e. The van der Waals surface area contributed by atoms with Crippen molar-refractivity contribution in [3.05, 3.63) is 41.0 Å². The molecule has 2 rings (SSSR count). The maximum atomic E-state index is 15.4. The van der Waals surface area contributed by atoms with Crippen LogP contribution >= 0.6 is 0 Å². The molecule has 0 N–H and O–H groups in total. The highest BCUT2D eigenvalue weighted by Gasteiger charge is 2.51. The Labute approximate surface area is 200 Å². The van der Waals surface area contributed by atoms with Gasteiger partial charge in [-0.2, -0.15) is 4.39 Å². The van der Waals surface area contributed by atoms with Crippen LogP contribution in [0.2, 0.25) is 16.6 Å². The molecule has 1 nitrogen and oxygen atoms in total. The van der Waals surface area contributed by atoms with Crippen LogP contribution in [-0.2, 0) is 0 Å². The zero-order valence-electron chi connectivity index (χ0n) is 21.0. The summed E-state index contributed by atoms with van der Waals surface area (Å²) in [6, 6.07) is 0.829. The van der Waals surface area contributed by atoms with Crippen LogP contribution in [0, 0.1) is 34.9 Å². The minimum atomic E-state index is -3.04. The van der Waals surface area contributed by atoms with Crippen molar-refractivity contribution in [3.63, 3.8) is 0 Å². The van der Waals surface area contributed by atoms with Crippen LogP contribution < -0.4 is 4.43 Å². The molecule has 192 valence electrons. The van der Waals surface area contributed by atoms with Crippen LogP contribution in [0.25, 0.3) is 10.8 Å². The van der Waals surface area contributed by atoms with Crippen molar-refractivity contribution in [2.24, 2.45) is 0 Å². The van der Waals surface area contributed by atoms with E-state index in [2.05, 4.69) is 6.92 Å². The van der Waals surface area contributed by atoms with E-state index in [0.29, 0.717) is 6.04 Å². The molecule has 0 aliphatic heterocycles. The molecular weight excluding hydrogens is 470 g/mol. The number of hydrogen-bond acceptors (Lipinski definition) is 1. The SMILES string of the molecule is CCCCCCCCC[Si](Oc1c(F)c(F)c2cc(F)c(F)c(F)c2c1F)(C(C)C)C(C)(C)C. The van der Waals surface area contributed by atoms with Crippen LogP contribution in [0.1, 0.15) is 86.5 Å². The van der Waals surface area contributed by atoms with E-state index in [1.54, 1.807) is 0 Å². The number of benzene rings is 2. The Balaban J connectivity index is 2.51. The molecule has 0 aliphatic carbocycles. The van der Waals surface area contributed by atoms with Crippen molar-refractivity contribution < 1.29 is 30.8 Å². The summed E-state index contributed by atoms with van der Waals surface area (Å²) in [6.45, 7) is 11.7. The average Bonchev–Trinajstić information content (AvgIpc) is 2.75. The summed E-state index contributed by atoms with van der Waals surface area (Å²) in [5.41, 5.74) is -0.111. The summed E-state index contributed by atoms with van der Waals surface area (Å²) in [4.78, 5) is 0. The first kappa shape index (κ1) is 28.5. The van der Waals surface area contributed by atoms with Crippen LogP contribution in [0.5, 0.6) is 5.75 Å². The van der Waals surface area contributed by atoms with Gasteiger partial charge < -0.3 is 4.43 Å². The topological polar surface area (TPSA) is 9.23 Å². The van der Waals surface area contributed by atoms with Gasteiger partial charge in [0, 0.05) is 5.39 Å². The highest BCUT2D eigenvalue weighted by molar-refractivity contribution is 6.78. The van der Waals surface area contributed by atoms with Crippen molar-refractivity contribution in [1.82, 2.24) is 0 Å². The quantitative estimate of drug-likeness (QED) is 0.0968. The number of halogens is 6. The number of unbranched alkanes of at least 4 members (excludes halogenated alkanes) is 6. The molecule has 0 saturated carbocycles. The van der Waals surface area contributed by atoms with E-state index < -0.39 is 64.8 Å². The Morgan fingerprint density at radius 1 is 0.765 bits per heavy atom. The van der Waals surface area contributed by atoms with Gasteiger partial charge >= 0.3 is 0 Å². The molecule has 0 spiro atoms.